The first kappa shape index (κ1) is 15.9. The van der Waals surface area contributed by atoms with Gasteiger partial charge in [0.05, 0.1) is 13.2 Å². The molecule has 0 bridgehead atoms. The van der Waals surface area contributed by atoms with Gasteiger partial charge in [0.1, 0.15) is 12.2 Å². The van der Waals surface area contributed by atoms with E-state index in [1.54, 1.807) is 19.9 Å². The van der Waals surface area contributed by atoms with Crippen LogP contribution in [0.5, 0.6) is 0 Å². The quantitative estimate of drug-likeness (QED) is 0.205. The highest BCUT2D eigenvalue weighted by atomic mass is 17.5. The van der Waals surface area contributed by atoms with Crippen molar-refractivity contribution in [2.45, 2.75) is 32.8 Å². The monoisotopic (exact) mass is 248 g/mol. The fourth-order valence-corrected chi connectivity index (χ4v) is 0.570. The van der Waals surface area contributed by atoms with Crippen LogP contribution in [0.25, 0.3) is 0 Å². The van der Waals surface area contributed by atoms with Gasteiger partial charge >= 0.3 is 6.16 Å². The molecule has 0 unspecified atom stereocenters. The maximum Gasteiger partial charge on any atom is 0.542 e. The number of carbonyl (C=O) groups excluding carboxylic acids is 1. The smallest absolute Gasteiger partial charge is 0.430 e. The molecule has 0 aliphatic heterocycles. The fourth-order valence-electron chi connectivity index (χ4n) is 0.570. The van der Waals surface area contributed by atoms with Crippen molar-refractivity contribution in [1.82, 2.24) is 0 Å². The van der Waals surface area contributed by atoms with Crippen molar-refractivity contribution in [2.24, 2.45) is 0 Å². The van der Waals surface area contributed by atoms with Crippen molar-refractivity contribution < 1.29 is 29.1 Å². The molecule has 0 radical (unpaired) electrons. The third-order valence-electron chi connectivity index (χ3n) is 1.90. The molecule has 0 aromatic rings. The topological polar surface area (TPSA) is 63.2 Å². The van der Waals surface area contributed by atoms with Crippen LogP contribution < -0.4 is 0 Å². The van der Waals surface area contributed by atoms with Crippen LogP contribution in [0.15, 0.2) is 12.7 Å². The van der Waals surface area contributed by atoms with Crippen LogP contribution in [0, 0.1) is 0 Å². The van der Waals surface area contributed by atoms with Crippen LogP contribution in [0.3, 0.4) is 0 Å². The zero-order valence-corrected chi connectivity index (χ0v) is 10.6. The predicted octanol–water partition coefficient (Wildman–Crippen LogP) is 2.39. The van der Waals surface area contributed by atoms with Crippen LogP contribution in [0.2, 0.25) is 0 Å². The maximum absolute atomic E-state index is 10.9. The zero-order chi connectivity index (χ0) is 13.1. The van der Waals surface area contributed by atoms with E-state index < -0.39 is 11.8 Å². The van der Waals surface area contributed by atoms with Crippen LogP contribution in [0.4, 0.5) is 4.79 Å². The van der Waals surface area contributed by atoms with Gasteiger partial charge in [-0.3, -0.25) is 0 Å². The van der Waals surface area contributed by atoms with E-state index >= 15 is 0 Å². The van der Waals surface area contributed by atoms with E-state index in [0.29, 0.717) is 13.0 Å². The van der Waals surface area contributed by atoms with Crippen LogP contribution in [0.1, 0.15) is 27.2 Å². The molecule has 6 heteroatoms. The Balaban J connectivity index is 3.44. The van der Waals surface area contributed by atoms with Crippen LogP contribution in [-0.4, -0.2) is 31.6 Å². The molecule has 0 fully saturated rings. The van der Waals surface area contributed by atoms with E-state index in [2.05, 4.69) is 21.2 Å². The Morgan fingerprint density at radius 1 is 1.35 bits per heavy atom. The Hall–Kier alpha value is -1.11. The summed E-state index contributed by atoms with van der Waals surface area (Å²) >= 11 is 0. The maximum atomic E-state index is 10.9. The highest BCUT2D eigenvalue weighted by Crippen LogP contribution is 2.13. The SMILES string of the molecule is C=CCOCCOC(=O)OOOC(C)(C)CC. The molecule has 0 saturated heterocycles. The lowest BCUT2D eigenvalue weighted by molar-refractivity contribution is -0.517. The Labute approximate surface area is 101 Å². The molecule has 0 spiro atoms. The summed E-state index contributed by atoms with van der Waals surface area (Å²) in [6.07, 6.45) is 1.34. The molecule has 6 nitrogen and oxygen atoms in total. The second-order valence-corrected chi connectivity index (χ2v) is 3.81. The second-order valence-electron chi connectivity index (χ2n) is 3.81. The Morgan fingerprint density at radius 3 is 2.65 bits per heavy atom. The lowest BCUT2D eigenvalue weighted by Crippen LogP contribution is -2.24. The average molecular weight is 248 g/mol. The Kier molecular flexibility index (Phi) is 8.39. The van der Waals surface area contributed by atoms with Gasteiger partial charge in [-0.05, 0) is 25.3 Å². The lowest BCUT2D eigenvalue weighted by atomic mass is 10.1. The minimum atomic E-state index is -0.973. The van der Waals surface area contributed by atoms with E-state index in [4.69, 9.17) is 9.62 Å². The number of carbonyl (C=O) groups is 1. The number of hydrogen-bond acceptors (Lipinski definition) is 6. The summed E-state index contributed by atoms with van der Waals surface area (Å²) in [6, 6.07) is 0. The molecule has 17 heavy (non-hydrogen) atoms. The molecular formula is C11H20O6. The van der Waals surface area contributed by atoms with Crippen LogP contribution >= 0.6 is 0 Å². The largest absolute Gasteiger partial charge is 0.542 e. The molecule has 0 rings (SSSR count). The normalized spacial score (nSPS) is 11.0. The first-order valence-electron chi connectivity index (χ1n) is 5.39. The molecule has 0 amide bonds. The van der Waals surface area contributed by atoms with Crippen molar-refractivity contribution in [3.8, 4) is 0 Å². The van der Waals surface area contributed by atoms with Gasteiger partial charge in [-0.15, -0.1) is 6.58 Å². The van der Waals surface area contributed by atoms with E-state index in [1.807, 2.05) is 6.92 Å². The highest BCUT2D eigenvalue weighted by molar-refractivity contribution is 5.58. The van der Waals surface area contributed by atoms with E-state index in [0.717, 1.165) is 0 Å². The first-order valence-corrected chi connectivity index (χ1v) is 5.39. The molecule has 0 atom stereocenters. The Bertz CT molecular complexity index is 226. The van der Waals surface area contributed by atoms with Crippen molar-refractivity contribution >= 4 is 6.16 Å². The van der Waals surface area contributed by atoms with Crippen LogP contribution in [-0.2, 0) is 24.3 Å². The van der Waals surface area contributed by atoms with Gasteiger partial charge < -0.3 is 9.47 Å². The summed E-state index contributed by atoms with van der Waals surface area (Å²) in [5, 5.41) is 4.30. The minimum absolute atomic E-state index is 0.0766. The van der Waals surface area contributed by atoms with Gasteiger partial charge in [-0.1, -0.05) is 13.0 Å². The molecule has 0 aliphatic carbocycles. The second kappa shape index (κ2) is 8.98. The predicted molar refractivity (Wildman–Crippen MR) is 60.0 cm³/mol. The molecule has 0 aliphatic rings. The molecule has 0 saturated carbocycles. The lowest BCUT2D eigenvalue weighted by Gasteiger charge is -2.19. The number of ether oxygens (including phenoxy) is 2. The molecular weight excluding hydrogens is 228 g/mol. The van der Waals surface area contributed by atoms with Gasteiger partial charge in [-0.25, -0.2) is 9.68 Å². The van der Waals surface area contributed by atoms with Gasteiger partial charge in [-0.2, -0.15) is 4.89 Å². The number of hydrogen-bond donors (Lipinski definition) is 0. The van der Waals surface area contributed by atoms with Crippen molar-refractivity contribution in [2.75, 3.05) is 19.8 Å². The molecule has 0 aromatic carbocycles. The van der Waals surface area contributed by atoms with Gasteiger partial charge in [0.25, 0.3) is 0 Å². The standard InChI is InChI=1S/C11H20O6/c1-5-7-13-8-9-14-10(12)15-17-16-11(3,4)6-2/h5H,1,6-9H2,2-4H3. The summed E-state index contributed by atoms with van der Waals surface area (Å²) in [4.78, 5) is 20.0. The summed E-state index contributed by atoms with van der Waals surface area (Å²) in [5.74, 6) is 0. The van der Waals surface area contributed by atoms with Gasteiger partial charge in [0.2, 0.25) is 0 Å². The van der Waals surface area contributed by atoms with E-state index in [-0.39, 0.29) is 13.2 Å². The molecule has 0 aromatic heterocycles. The average Bonchev–Trinajstić information content (AvgIpc) is 2.28. The summed E-state index contributed by atoms with van der Waals surface area (Å²) in [6.45, 7) is 9.73. The number of rotatable bonds is 9. The minimum Gasteiger partial charge on any atom is -0.430 e. The molecule has 0 N–H and O–H groups in total. The Morgan fingerprint density at radius 2 is 2.06 bits per heavy atom. The highest BCUT2D eigenvalue weighted by Gasteiger charge is 2.18. The van der Waals surface area contributed by atoms with Gasteiger partial charge in [0, 0.05) is 0 Å². The third kappa shape index (κ3) is 9.80. The molecule has 0 heterocycles. The van der Waals surface area contributed by atoms with Crippen molar-refractivity contribution in [3.05, 3.63) is 12.7 Å². The van der Waals surface area contributed by atoms with Crippen molar-refractivity contribution in [1.29, 1.82) is 0 Å². The van der Waals surface area contributed by atoms with E-state index in [1.165, 1.54) is 0 Å². The summed E-state index contributed by atoms with van der Waals surface area (Å²) in [7, 11) is 0. The van der Waals surface area contributed by atoms with Gasteiger partial charge in [0.15, 0.2) is 0 Å². The first-order chi connectivity index (χ1) is 8.02. The summed E-state index contributed by atoms with van der Waals surface area (Å²) < 4.78 is 9.60. The fraction of sp³-hybridized carbons (Fsp3) is 0.727. The zero-order valence-electron chi connectivity index (χ0n) is 10.6. The van der Waals surface area contributed by atoms with E-state index in [9.17, 15) is 4.79 Å². The summed E-state index contributed by atoms with van der Waals surface area (Å²) in [5.41, 5.74) is -0.520. The van der Waals surface area contributed by atoms with Crippen molar-refractivity contribution in [3.63, 3.8) is 0 Å². The third-order valence-corrected chi connectivity index (χ3v) is 1.90. The molecule has 100 valence electrons.